The van der Waals surface area contributed by atoms with Gasteiger partial charge in [0, 0.05) is 17.0 Å². The number of carbonyl (C=O) groups is 2. The number of rotatable bonds is 5. The zero-order valence-corrected chi connectivity index (χ0v) is 13.2. The zero-order valence-electron chi connectivity index (χ0n) is 12.4. The third kappa shape index (κ3) is 3.64. The lowest BCUT2D eigenvalue weighted by atomic mass is 10.2. The van der Waals surface area contributed by atoms with Crippen molar-refractivity contribution in [3.8, 4) is 0 Å². The fourth-order valence-corrected chi connectivity index (χ4v) is 3.77. The number of aryl methyl sites for hydroxylation is 1. The minimum absolute atomic E-state index is 0.00423. The molecule has 21 heavy (non-hydrogen) atoms. The van der Waals surface area contributed by atoms with Crippen LogP contribution < -0.4 is 5.32 Å². The van der Waals surface area contributed by atoms with Crippen molar-refractivity contribution in [2.24, 2.45) is 0 Å². The highest BCUT2D eigenvalue weighted by Crippen LogP contribution is 2.29. The summed E-state index contributed by atoms with van der Waals surface area (Å²) in [7, 11) is 0. The van der Waals surface area contributed by atoms with Gasteiger partial charge in [0.15, 0.2) is 0 Å². The first-order chi connectivity index (χ1) is 10.1. The molecule has 2 saturated carbocycles. The molecule has 0 unspecified atom stereocenters. The van der Waals surface area contributed by atoms with Crippen LogP contribution in [-0.4, -0.2) is 35.3 Å². The van der Waals surface area contributed by atoms with Crippen LogP contribution >= 0.6 is 11.3 Å². The Bertz CT molecular complexity index is 530. The molecule has 1 aromatic rings. The Morgan fingerprint density at radius 3 is 2.52 bits per heavy atom. The summed E-state index contributed by atoms with van der Waals surface area (Å²) in [5.41, 5.74) is 0. The first-order valence-corrected chi connectivity index (χ1v) is 8.62. The van der Waals surface area contributed by atoms with Gasteiger partial charge in [-0.3, -0.25) is 9.59 Å². The lowest BCUT2D eigenvalue weighted by Crippen LogP contribution is -2.44. The second kappa shape index (κ2) is 6.18. The fourth-order valence-electron chi connectivity index (χ4n) is 2.94. The molecule has 3 rings (SSSR count). The molecule has 1 aromatic heterocycles. The van der Waals surface area contributed by atoms with Crippen LogP contribution in [0, 0.1) is 6.92 Å². The van der Waals surface area contributed by atoms with E-state index >= 15 is 0 Å². The Hall–Kier alpha value is -1.36. The van der Waals surface area contributed by atoms with Crippen LogP contribution in [-0.2, 0) is 4.79 Å². The number of amides is 2. The molecule has 2 fully saturated rings. The molecule has 2 amide bonds. The molecule has 0 bridgehead atoms. The van der Waals surface area contributed by atoms with Crippen LogP contribution in [0.1, 0.15) is 53.1 Å². The Morgan fingerprint density at radius 1 is 1.24 bits per heavy atom. The first-order valence-electron chi connectivity index (χ1n) is 7.80. The standard InChI is InChI=1S/C16H22N2O2S/c1-11-6-9-14(21-11)16(20)18(13-7-8-13)10-15(19)17-12-4-2-3-5-12/h6,9,12-13H,2-5,7-8,10H2,1H3,(H,17,19). The van der Waals surface area contributed by atoms with Crippen LogP contribution in [0.15, 0.2) is 12.1 Å². The smallest absolute Gasteiger partial charge is 0.264 e. The van der Waals surface area contributed by atoms with Crippen molar-refractivity contribution in [3.63, 3.8) is 0 Å². The number of nitrogens with one attached hydrogen (secondary N) is 1. The van der Waals surface area contributed by atoms with Gasteiger partial charge in [0.1, 0.15) is 6.54 Å². The van der Waals surface area contributed by atoms with E-state index in [1.165, 1.54) is 24.2 Å². The number of hydrogen-bond donors (Lipinski definition) is 1. The number of thiophene rings is 1. The SMILES string of the molecule is Cc1ccc(C(=O)N(CC(=O)NC2CCCC2)C2CC2)s1. The van der Waals surface area contributed by atoms with Gasteiger partial charge in [-0.05, 0) is 44.7 Å². The topological polar surface area (TPSA) is 49.4 Å². The minimum atomic E-state index is -0.00423. The number of carbonyl (C=O) groups excluding carboxylic acids is 2. The average Bonchev–Trinajstić information content (AvgIpc) is 2.99. The molecule has 1 N–H and O–H groups in total. The highest BCUT2D eigenvalue weighted by Gasteiger charge is 2.35. The predicted molar refractivity (Wildman–Crippen MR) is 83.5 cm³/mol. The van der Waals surface area contributed by atoms with E-state index in [0.717, 1.165) is 35.4 Å². The largest absolute Gasteiger partial charge is 0.352 e. The van der Waals surface area contributed by atoms with Gasteiger partial charge >= 0.3 is 0 Å². The average molecular weight is 306 g/mol. The highest BCUT2D eigenvalue weighted by molar-refractivity contribution is 7.13. The summed E-state index contributed by atoms with van der Waals surface area (Å²) in [6, 6.07) is 4.40. The zero-order chi connectivity index (χ0) is 14.8. The first kappa shape index (κ1) is 14.6. The second-order valence-electron chi connectivity index (χ2n) is 6.12. The lowest BCUT2D eigenvalue weighted by molar-refractivity contribution is -0.122. The summed E-state index contributed by atoms with van der Waals surface area (Å²) in [6.45, 7) is 2.20. The van der Waals surface area contributed by atoms with Gasteiger partial charge in [-0.2, -0.15) is 0 Å². The van der Waals surface area contributed by atoms with E-state index in [2.05, 4.69) is 5.32 Å². The number of nitrogens with zero attached hydrogens (tertiary/aromatic N) is 1. The summed E-state index contributed by atoms with van der Waals surface area (Å²) < 4.78 is 0. The highest BCUT2D eigenvalue weighted by atomic mass is 32.1. The van der Waals surface area contributed by atoms with Crippen molar-refractivity contribution in [3.05, 3.63) is 21.9 Å². The predicted octanol–water partition coefficient (Wildman–Crippen LogP) is 2.72. The fraction of sp³-hybridized carbons (Fsp3) is 0.625. The summed E-state index contributed by atoms with van der Waals surface area (Å²) >= 11 is 1.51. The Kier molecular flexibility index (Phi) is 4.29. The third-order valence-electron chi connectivity index (χ3n) is 4.23. The summed E-state index contributed by atoms with van der Waals surface area (Å²) in [5.74, 6) is 0.00704. The van der Waals surface area contributed by atoms with E-state index in [0.29, 0.717) is 6.04 Å². The summed E-state index contributed by atoms with van der Waals surface area (Å²) in [5, 5.41) is 3.07. The molecule has 2 aliphatic rings. The molecule has 0 atom stereocenters. The molecule has 114 valence electrons. The quantitative estimate of drug-likeness (QED) is 0.909. The van der Waals surface area contributed by atoms with Crippen LogP contribution in [0.3, 0.4) is 0 Å². The van der Waals surface area contributed by atoms with Gasteiger partial charge in [-0.25, -0.2) is 0 Å². The maximum Gasteiger partial charge on any atom is 0.264 e. The molecule has 5 heteroatoms. The lowest BCUT2D eigenvalue weighted by Gasteiger charge is -2.22. The third-order valence-corrected chi connectivity index (χ3v) is 5.22. The molecule has 4 nitrogen and oxygen atoms in total. The van der Waals surface area contributed by atoms with E-state index < -0.39 is 0 Å². The minimum Gasteiger partial charge on any atom is -0.352 e. The normalized spacial score (nSPS) is 18.7. The van der Waals surface area contributed by atoms with Gasteiger partial charge in [-0.15, -0.1) is 11.3 Å². The van der Waals surface area contributed by atoms with E-state index in [4.69, 9.17) is 0 Å². The maximum atomic E-state index is 12.6. The Labute approximate surface area is 129 Å². The second-order valence-corrected chi connectivity index (χ2v) is 7.41. The number of hydrogen-bond acceptors (Lipinski definition) is 3. The van der Waals surface area contributed by atoms with Crippen LogP contribution in [0.5, 0.6) is 0 Å². The van der Waals surface area contributed by atoms with E-state index in [1.807, 2.05) is 19.1 Å². The van der Waals surface area contributed by atoms with Gasteiger partial charge in [-0.1, -0.05) is 12.8 Å². The van der Waals surface area contributed by atoms with Crippen molar-refractivity contribution >= 4 is 23.2 Å². The summed E-state index contributed by atoms with van der Waals surface area (Å²) in [6.07, 6.45) is 6.59. The molecule has 0 spiro atoms. The molecule has 2 aliphatic carbocycles. The van der Waals surface area contributed by atoms with Crippen LogP contribution in [0.2, 0.25) is 0 Å². The van der Waals surface area contributed by atoms with Crippen LogP contribution in [0.25, 0.3) is 0 Å². The van der Waals surface area contributed by atoms with Crippen molar-refractivity contribution < 1.29 is 9.59 Å². The Morgan fingerprint density at radius 2 is 1.95 bits per heavy atom. The molecular formula is C16H22N2O2S. The van der Waals surface area contributed by atoms with Gasteiger partial charge in [0.05, 0.1) is 4.88 Å². The van der Waals surface area contributed by atoms with Crippen molar-refractivity contribution in [2.45, 2.75) is 57.5 Å². The van der Waals surface area contributed by atoms with Gasteiger partial charge in [0.2, 0.25) is 5.91 Å². The van der Waals surface area contributed by atoms with Crippen molar-refractivity contribution in [2.75, 3.05) is 6.54 Å². The van der Waals surface area contributed by atoms with Crippen LogP contribution in [0.4, 0.5) is 0 Å². The van der Waals surface area contributed by atoms with Gasteiger partial charge in [0.25, 0.3) is 5.91 Å². The Balaban J connectivity index is 1.61. The van der Waals surface area contributed by atoms with Crippen molar-refractivity contribution in [1.29, 1.82) is 0 Å². The summed E-state index contributed by atoms with van der Waals surface area (Å²) in [4.78, 5) is 28.4. The van der Waals surface area contributed by atoms with Gasteiger partial charge < -0.3 is 10.2 Å². The van der Waals surface area contributed by atoms with E-state index in [1.54, 1.807) is 4.90 Å². The molecule has 0 saturated heterocycles. The maximum absolute atomic E-state index is 12.6. The molecule has 0 aromatic carbocycles. The molecule has 1 heterocycles. The molecule has 0 aliphatic heterocycles. The molecule has 0 radical (unpaired) electrons. The molecular weight excluding hydrogens is 284 g/mol. The van der Waals surface area contributed by atoms with E-state index in [9.17, 15) is 9.59 Å². The van der Waals surface area contributed by atoms with Crippen molar-refractivity contribution in [1.82, 2.24) is 10.2 Å². The monoisotopic (exact) mass is 306 g/mol. The van der Waals surface area contributed by atoms with E-state index in [-0.39, 0.29) is 24.4 Å².